The Morgan fingerprint density at radius 2 is 2.38 bits per heavy atom. The Morgan fingerprint density at radius 3 is 3.15 bits per heavy atom. The van der Waals surface area contributed by atoms with E-state index in [4.69, 9.17) is 5.11 Å². The fraction of sp³-hybridized carbons (Fsp3) is 0.875. The quantitative estimate of drug-likeness (QED) is 0.669. The SMILES string of the molecule is O=C(O)CC1CCC2N=NNC2C1. The minimum absolute atomic E-state index is 0.283. The second-order valence-corrected chi connectivity index (χ2v) is 3.80. The van der Waals surface area contributed by atoms with Gasteiger partial charge in [-0.05, 0) is 25.2 Å². The van der Waals surface area contributed by atoms with E-state index in [0.29, 0.717) is 12.0 Å². The molecule has 1 saturated carbocycles. The highest BCUT2D eigenvalue weighted by molar-refractivity contribution is 5.67. The van der Waals surface area contributed by atoms with E-state index in [-0.39, 0.29) is 12.5 Å². The molecule has 0 saturated heterocycles. The smallest absolute Gasteiger partial charge is 0.303 e. The van der Waals surface area contributed by atoms with Crippen LogP contribution in [0.3, 0.4) is 0 Å². The minimum atomic E-state index is -0.699. The van der Waals surface area contributed by atoms with Crippen LogP contribution in [0.4, 0.5) is 0 Å². The Labute approximate surface area is 76.2 Å². The van der Waals surface area contributed by atoms with Crippen molar-refractivity contribution in [3.05, 3.63) is 0 Å². The van der Waals surface area contributed by atoms with Crippen LogP contribution < -0.4 is 5.43 Å². The van der Waals surface area contributed by atoms with Gasteiger partial charge in [-0.15, -0.1) is 0 Å². The van der Waals surface area contributed by atoms with E-state index in [0.717, 1.165) is 19.3 Å². The Morgan fingerprint density at radius 1 is 1.54 bits per heavy atom. The lowest BCUT2D eigenvalue weighted by Crippen LogP contribution is -2.37. The van der Waals surface area contributed by atoms with Crippen LogP contribution in [-0.4, -0.2) is 23.2 Å². The maximum Gasteiger partial charge on any atom is 0.303 e. The number of nitrogens with one attached hydrogen (secondary N) is 1. The Hall–Kier alpha value is -1.13. The number of carboxylic acid groups (broad SMARTS) is 1. The van der Waals surface area contributed by atoms with Crippen LogP contribution in [0, 0.1) is 5.92 Å². The maximum atomic E-state index is 10.5. The number of hydrogen-bond donors (Lipinski definition) is 2. The van der Waals surface area contributed by atoms with Crippen molar-refractivity contribution in [1.29, 1.82) is 0 Å². The number of aliphatic carboxylic acids is 1. The average molecular weight is 183 g/mol. The van der Waals surface area contributed by atoms with Gasteiger partial charge in [0.05, 0.1) is 12.1 Å². The molecule has 0 spiro atoms. The van der Waals surface area contributed by atoms with Gasteiger partial charge in [0.2, 0.25) is 0 Å². The lowest BCUT2D eigenvalue weighted by molar-refractivity contribution is -0.138. The molecular weight excluding hydrogens is 170 g/mol. The molecule has 13 heavy (non-hydrogen) atoms. The summed E-state index contributed by atoms with van der Waals surface area (Å²) < 4.78 is 0. The first kappa shape index (κ1) is 8.47. The van der Waals surface area contributed by atoms with E-state index in [9.17, 15) is 4.79 Å². The summed E-state index contributed by atoms with van der Waals surface area (Å²) in [5.41, 5.74) is 2.93. The van der Waals surface area contributed by atoms with E-state index in [2.05, 4.69) is 15.8 Å². The number of carbonyl (C=O) groups is 1. The predicted octanol–water partition coefficient (Wildman–Crippen LogP) is 0.969. The van der Waals surface area contributed by atoms with Crippen LogP contribution >= 0.6 is 0 Å². The second-order valence-electron chi connectivity index (χ2n) is 3.80. The van der Waals surface area contributed by atoms with Crippen molar-refractivity contribution in [3.63, 3.8) is 0 Å². The summed E-state index contributed by atoms with van der Waals surface area (Å²) in [6.45, 7) is 0. The standard InChI is InChI=1S/C8H13N3O2/c12-8(13)4-5-1-2-6-7(3-5)10-11-9-6/h5-7H,1-4H2,(H,9,10)(H,12,13). The Bertz CT molecular complexity index is 242. The van der Waals surface area contributed by atoms with E-state index in [1.807, 2.05) is 0 Å². The molecule has 1 fully saturated rings. The maximum absolute atomic E-state index is 10.5. The van der Waals surface area contributed by atoms with Crippen molar-refractivity contribution in [2.24, 2.45) is 16.3 Å². The lowest BCUT2D eigenvalue weighted by atomic mass is 9.81. The zero-order chi connectivity index (χ0) is 9.26. The number of rotatable bonds is 2. The molecule has 0 aromatic carbocycles. The average Bonchev–Trinajstić information content (AvgIpc) is 2.49. The molecule has 0 aromatic heterocycles. The topological polar surface area (TPSA) is 74.0 Å². The van der Waals surface area contributed by atoms with Crippen molar-refractivity contribution < 1.29 is 9.90 Å². The van der Waals surface area contributed by atoms with Gasteiger partial charge in [0.15, 0.2) is 0 Å². The Kier molecular flexibility index (Phi) is 2.16. The number of fused-ring (bicyclic) bond motifs is 1. The van der Waals surface area contributed by atoms with Gasteiger partial charge < -0.3 is 5.11 Å². The van der Waals surface area contributed by atoms with E-state index >= 15 is 0 Å². The first-order valence-corrected chi connectivity index (χ1v) is 4.63. The zero-order valence-corrected chi connectivity index (χ0v) is 7.31. The zero-order valence-electron chi connectivity index (χ0n) is 7.31. The van der Waals surface area contributed by atoms with Gasteiger partial charge >= 0.3 is 5.97 Å². The summed E-state index contributed by atoms with van der Waals surface area (Å²) in [5, 5.41) is 16.4. The molecule has 5 nitrogen and oxygen atoms in total. The van der Waals surface area contributed by atoms with Crippen LogP contribution in [0.2, 0.25) is 0 Å². The van der Waals surface area contributed by atoms with Crippen LogP contribution in [0.5, 0.6) is 0 Å². The van der Waals surface area contributed by atoms with Crippen molar-refractivity contribution in [3.8, 4) is 0 Å². The third kappa shape index (κ3) is 1.79. The molecule has 1 heterocycles. The van der Waals surface area contributed by atoms with Gasteiger partial charge in [-0.1, -0.05) is 5.22 Å². The molecule has 2 aliphatic rings. The molecule has 0 radical (unpaired) electrons. The first-order valence-electron chi connectivity index (χ1n) is 4.63. The van der Waals surface area contributed by atoms with E-state index in [1.54, 1.807) is 0 Å². The molecule has 5 heteroatoms. The summed E-state index contributed by atoms with van der Waals surface area (Å²) >= 11 is 0. The largest absolute Gasteiger partial charge is 0.481 e. The van der Waals surface area contributed by atoms with Crippen LogP contribution in [0.15, 0.2) is 10.3 Å². The van der Waals surface area contributed by atoms with Gasteiger partial charge in [0.1, 0.15) is 0 Å². The third-order valence-electron chi connectivity index (χ3n) is 2.82. The molecule has 0 aromatic rings. The highest BCUT2D eigenvalue weighted by Gasteiger charge is 2.33. The van der Waals surface area contributed by atoms with Crippen molar-refractivity contribution in [2.75, 3.05) is 0 Å². The van der Waals surface area contributed by atoms with Gasteiger partial charge in [-0.3, -0.25) is 10.2 Å². The summed E-state index contributed by atoms with van der Waals surface area (Å²) in [7, 11) is 0. The first-order chi connectivity index (χ1) is 6.25. The van der Waals surface area contributed by atoms with Crippen LogP contribution in [0.1, 0.15) is 25.7 Å². The van der Waals surface area contributed by atoms with Crippen molar-refractivity contribution in [1.82, 2.24) is 5.43 Å². The normalized spacial score (nSPS) is 36.8. The molecule has 1 aliphatic heterocycles. The van der Waals surface area contributed by atoms with Gasteiger partial charge in [0.25, 0.3) is 0 Å². The van der Waals surface area contributed by atoms with Gasteiger partial charge in [-0.25, -0.2) is 0 Å². The fourth-order valence-corrected chi connectivity index (χ4v) is 2.13. The molecule has 72 valence electrons. The summed E-state index contributed by atoms with van der Waals surface area (Å²) in [6, 6.07) is 0.586. The molecule has 2 rings (SSSR count). The molecule has 0 bridgehead atoms. The molecule has 2 N–H and O–H groups in total. The van der Waals surface area contributed by atoms with E-state index in [1.165, 1.54) is 0 Å². The highest BCUT2D eigenvalue weighted by Crippen LogP contribution is 2.31. The summed E-state index contributed by atoms with van der Waals surface area (Å²) in [5.74, 6) is -0.398. The predicted molar refractivity (Wildman–Crippen MR) is 45.2 cm³/mol. The van der Waals surface area contributed by atoms with Gasteiger partial charge in [0, 0.05) is 6.42 Å². The molecule has 3 atom stereocenters. The molecular formula is C8H13N3O2. The molecule has 0 amide bonds. The number of hydrogen-bond acceptors (Lipinski definition) is 4. The van der Waals surface area contributed by atoms with Crippen LogP contribution in [0.25, 0.3) is 0 Å². The second kappa shape index (κ2) is 3.32. The Balaban J connectivity index is 1.88. The highest BCUT2D eigenvalue weighted by atomic mass is 16.4. The summed E-state index contributed by atoms with van der Waals surface area (Å²) in [4.78, 5) is 10.5. The van der Waals surface area contributed by atoms with Crippen LogP contribution in [-0.2, 0) is 4.79 Å². The third-order valence-corrected chi connectivity index (χ3v) is 2.82. The van der Waals surface area contributed by atoms with Crippen molar-refractivity contribution >= 4 is 5.97 Å². The fourth-order valence-electron chi connectivity index (χ4n) is 2.13. The number of carboxylic acids is 1. The number of nitrogens with zero attached hydrogens (tertiary/aromatic N) is 2. The molecule has 1 aliphatic carbocycles. The lowest BCUT2D eigenvalue weighted by Gasteiger charge is -2.28. The molecule has 3 unspecified atom stereocenters. The minimum Gasteiger partial charge on any atom is -0.481 e. The monoisotopic (exact) mass is 183 g/mol. The van der Waals surface area contributed by atoms with Gasteiger partial charge in [-0.2, -0.15) is 5.11 Å². The van der Waals surface area contributed by atoms with E-state index < -0.39 is 5.97 Å². The summed E-state index contributed by atoms with van der Waals surface area (Å²) in [6.07, 6.45) is 3.11. The van der Waals surface area contributed by atoms with Crippen molar-refractivity contribution in [2.45, 2.75) is 37.8 Å².